The van der Waals surface area contributed by atoms with Crippen molar-refractivity contribution in [2.24, 2.45) is 0 Å². The molecule has 0 N–H and O–H groups in total. The van der Waals surface area contributed by atoms with E-state index in [0.29, 0.717) is 0 Å². The topological polar surface area (TPSA) is 9.23 Å². The number of rotatable bonds is 2. The van der Waals surface area contributed by atoms with Gasteiger partial charge in [-0.2, -0.15) is 0 Å². The molecule has 1 atom stereocenters. The highest BCUT2D eigenvalue weighted by molar-refractivity contribution is 4.73. The van der Waals surface area contributed by atoms with E-state index >= 15 is 0 Å². The Morgan fingerprint density at radius 1 is 1.83 bits per heavy atom. The summed E-state index contributed by atoms with van der Waals surface area (Å²) < 4.78 is 4.78. The highest BCUT2D eigenvalue weighted by Gasteiger charge is 1.83. The van der Waals surface area contributed by atoms with Gasteiger partial charge in [-0.15, -0.1) is 6.58 Å². The van der Waals surface area contributed by atoms with Crippen molar-refractivity contribution in [1.29, 1.82) is 0 Å². The molecule has 1 heteroatoms. The molecule has 0 spiro atoms. The first-order valence-corrected chi connectivity index (χ1v) is 1.96. The molecule has 0 bridgehead atoms. The third kappa shape index (κ3) is 1.97. The molecule has 36 valence electrons. The van der Waals surface area contributed by atoms with Crippen molar-refractivity contribution >= 4 is 0 Å². The van der Waals surface area contributed by atoms with Gasteiger partial charge < -0.3 is 4.74 Å². The maximum absolute atomic E-state index is 4.78. The fraction of sp³-hybridized carbons (Fsp3) is 0.600. The zero-order chi connectivity index (χ0) is 4.99. The van der Waals surface area contributed by atoms with Crippen molar-refractivity contribution in [3.63, 3.8) is 0 Å². The minimum atomic E-state index is 0.199. The van der Waals surface area contributed by atoms with Crippen LogP contribution in [0.1, 0.15) is 6.92 Å². The summed E-state index contributed by atoms with van der Waals surface area (Å²) in [6.07, 6.45) is 1.95. The number of hydrogen-bond acceptors (Lipinski definition) is 1. The first kappa shape index (κ1) is 5.70. The zero-order valence-electron chi connectivity index (χ0n) is 4.27. The van der Waals surface area contributed by atoms with Crippen molar-refractivity contribution in [1.82, 2.24) is 0 Å². The smallest absolute Gasteiger partial charge is 0.0721 e. The van der Waals surface area contributed by atoms with E-state index in [-0.39, 0.29) is 6.10 Å². The molecule has 0 aromatic rings. The van der Waals surface area contributed by atoms with Crippen LogP contribution in [0.25, 0.3) is 0 Å². The second-order valence-corrected chi connectivity index (χ2v) is 1.18. The quantitative estimate of drug-likeness (QED) is 0.459. The Balaban J connectivity index is 2.96. The van der Waals surface area contributed by atoms with Crippen LogP contribution in [0.5, 0.6) is 0 Å². The lowest BCUT2D eigenvalue weighted by atomic mass is 10.4. The molecule has 0 aliphatic carbocycles. The average Bonchev–Trinajstić information content (AvgIpc) is 1.65. The van der Waals surface area contributed by atoms with Crippen LogP contribution < -0.4 is 0 Å². The lowest BCUT2D eigenvalue weighted by Gasteiger charge is -1.97. The molecule has 0 radical (unpaired) electrons. The third-order valence-corrected chi connectivity index (χ3v) is 0.704. The van der Waals surface area contributed by atoms with E-state index in [1.165, 1.54) is 0 Å². The summed E-state index contributed by atoms with van der Waals surface area (Å²) in [5, 5.41) is 0. The number of ether oxygens (including phenoxy) is 1. The van der Waals surface area contributed by atoms with Crippen LogP contribution in [0.4, 0.5) is 0 Å². The van der Waals surface area contributed by atoms with E-state index in [2.05, 4.69) is 6.58 Å². The maximum Gasteiger partial charge on any atom is 0.0721 e. The summed E-state index contributed by atoms with van der Waals surface area (Å²) in [6, 6.07) is 0. The monoisotopic (exact) mass is 86.1 g/mol. The van der Waals surface area contributed by atoms with Crippen LogP contribution in [-0.2, 0) is 4.74 Å². The van der Waals surface area contributed by atoms with E-state index in [1.807, 2.05) is 6.92 Å². The van der Waals surface area contributed by atoms with Crippen LogP contribution in [0.15, 0.2) is 12.7 Å². The van der Waals surface area contributed by atoms with Crippen molar-refractivity contribution in [2.75, 3.05) is 7.11 Å². The molecular weight excluding hydrogens is 76.1 g/mol. The standard InChI is InChI=1S/C5H10O/c1-4-5(2)6-3/h4-5H,1H2,2-3H3. The Labute approximate surface area is 38.6 Å². The van der Waals surface area contributed by atoms with Gasteiger partial charge in [0.1, 0.15) is 0 Å². The third-order valence-electron chi connectivity index (χ3n) is 0.704. The Morgan fingerprint density at radius 3 is 2.33 bits per heavy atom. The van der Waals surface area contributed by atoms with E-state index in [0.717, 1.165) is 0 Å². The van der Waals surface area contributed by atoms with E-state index in [4.69, 9.17) is 4.74 Å². The predicted molar refractivity (Wildman–Crippen MR) is 26.7 cm³/mol. The molecule has 0 fully saturated rings. The van der Waals surface area contributed by atoms with Crippen LogP contribution in [-0.4, -0.2) is 13.2 Å². The van der Waals surface area contributed by atoms with E-state index < -0.39 is 0 Å². The van der Waals surface area contributed by atoms with Crippen LogP contribution in [0, 0.1) is 0 Å². The molecule has 0 aromatic heterocycles. The fourth-order valence-electron chi connectivity index (χ4n) is 0.0962. The van der Waals surface area contributed by atoms with Crippen LogP contribution in [0.2, 0.25) is 0 Å². The Morgan fingerprint density at radius 2 is 2.33 bits per heavy atom. The van der Waals surface area contributed by atoms with Crippen molar-refractivity contribution in [2.45, 2.75) is 13.0 Å². The Kier molecular flexibility index (Phi) is 2.77. The lowest BCUT2D eigenvalue weighted by molar-refractivity contribution is 0.156. The molecule has 0 rings (SSSR count). The van der Waals surface area contributed by atoms with E-state index in [1.54, 1.807) is 13.2 Å². The zero-order valence-corrected chi connectivity index (χ0v) is 4.27. The predicted octanol–water partition coefficient (Wildman–Crippen LogP) is 1.21. The molecule has 1 nitrogen and oxygen atoms in total. The highest BCUT2D eigenvalue weighted by atomic mass is 16.5. The molecule has 0 heterocycles. The largest absolute Gasteiger partial charge is 0.378 e. The number of methoxy groups -OCH3 is 1. The van der Waals surface area contributed by atoms with Crippen molar-refractivity contribution < 1.29 is 4.74 Å². The molecule has 0 saturated carbocycles. The van der Waals surface area contributed by atoms with Gasteiger partial charge in [0, 0.05) is 7.11 Å². The van der Waals surface area contributed by atoms with Gasteiger partial charge in [0.15, 0.2) is 0 Å². The van der Waals surface area contributed by atoms with Crippen LogP contribution in [0.3, 0.4) is 0 Å². The molecule has 0 saturated heterocycles. The molecule has 0 aliphatic rings. The summed E-state index contributed by atoms with van der Waals surface area (Å²) in [7, 11) is 1.66. The summed E-state index contributed by atoms with van der Waals surface area (Å²) >= 11 is 0. The van der Waals surface area contributed by atoms with E-state index in [9.17, 15) is 0 Å². The number of hydrogen-bond donors (Lipinski definition) is 0. The second-order valence-electron chi connectivity index (χ2n) is 1.18. The summed E-state index contributed by atoms with van der Waals surface area (Å²) in [6.45, 7) is 5.44. The molecule has 0 aliphatic heterocycles. The highest BCUT2D eigenvalue weighted by Crippen LogP contribution is 1.83. The minimum Gasteiger partial charge on any atom is -0.378 e. The van der Waals surface area contributed by atoms with Crippen LogP contribution >= 0.6 is 0 Å². The second kappa shape index (κ2) is 2.91. The van der Waals surface area contributed by atoms with Gasteiger partial charge in [-0.3, -0.25) is 0 Å². The molecular formula is C5H10O. The van der Waals surface area contributed by atoms with Gasteiger partial charge in [0.05, 0.1) is 6.10 Å². The molecule has 0 amide bonds. The SMILES string of the molecule is C=CC(C)OC. The van der Waals surface area contributed by atoms with Gasteiger partial charge in [0.25, 0.3) is 0 Å². The minimum absolute atomic E-state index is 0.199. The Bertz CT molecular complexity index is 41.2. The van der Waals surface area contributed by atoms with Crippen molar-refractivity contribution in [3.8, 4) is 0 Å². The Hall–Kier alpha value is -0.300. The molecule has 0 aromatic carbocycles. The van der Waals surface area contributed by atoms with Gasteiger partial charge in [0.2, 0.25) is 0 Å². The maximum atomic E-state index is 4.78. The van der Waals surface area contributed by atoms with Crippen molar-refractivity contribution in [3.05, 3.63) is 12.7 Å². The first-order valence-electron chi connectivity index (χ1n) is 1.96. The summed E-state index contributed by atoms with van der Waals surface area (Å²) in [5.41, 5.74) is 0. The van der Waals surface area contributed by atoms with Gasteiger partial charge >= 0.3 is 0 Å². The fourth-order valence-corrected chi connectivity index (χ4v) is 0.0962. The normalized spacial score (nSPS) is 13.7. The summed E-state index contributed by atoms with van der Waals surface area (Å²) in [4.78, 5) is 0. The molecule has 1 unspecified atom stereocenters. The van der Waals surface area contributed by atoms with Gasteiger partial charge in [-0.05, 0) is 6.92 Å². The van der Waals surface area contributed by atoms with Gasteiger partial charge in [-0.1, -0.05) is 6.08 Å². The first-order chi connectivity index (χ1) is 2.81. The summed E-state index contributed by atoms with van der Waals surface area (Å²) in [5.74, 6) is 0. The average molecular weight is 86.1 g/mol. The van der Waals surface area contributed by atoms with Gasteiger partial charge in [-0.25, -0.2) is 0 Å². The lowest BCUT2D eigenvalue weighted by Crippen LogP contribution is -1.96. The molecule has 6 heavy (non-hydrogen) atoms.